The van der Waals surface area contributed by atoms with Crippen molar-refractivity contribution in [3.8, 4) is 5.75 Å². The standard InChI is InChI=1S/C25H25N3O7/c1-15-10-11-18-20(12-15)25(32)27(24(18)31)26(14-22(29)16-6-5-7-17(13-16)35-2)23(30)19-8-3-4-9-21(19)28(33)34/h3-9,13,15,18,20H,10-12,14H2,1-2H3/t15-,18+,20-/m0/s1. The van der Waals surface area contributed by atoms with E-state index in [1.165, 1.54) is 37.4 Å². The van der Waals surface area contributed by atoms with Crippen molar-refractivity contribution < 1.29 is 28.8 Å². The zero-order chi connectivity index (χ0) is 25.3. The van der Waals surface area contributed by atoms with Gasteiger partial charge in [-0.1, -0.05) is 31.2 Å². The van der Waals surface area contributed by atoms with Gasteiger partial charge in [-0.3, -0.25) is 29.3 Å². The van der Waals surface area contributed by atoms with Crippen LogP contribution in [0.1, 0.15) is 46.9 Å². The molecular formula is C25H25N3O7. The molecule has 3 atom stereocenters. The van der Waals surface area contributed by atoms with E-state index in [1.54, 1.807) is 12.1 Å². The number of nitrogens with zero attached hydrogens (tertiary/aromatic N) is 3. The molecule has 0 N–H and O–H groups in total. The number of ketones is 1. The first-order valence-electron chi connectivity index (χ1n) is 11.3. The van der Waals surface area contributed by atoms with Crippen molar-refractivity contribution in [3.63, 3.8) is 0 Å². The van der Waals surface area contributed by atoms with Gasteiger partial charge >= 0.3 is 0 Å². The molecule has 1 aliphatic heterocycles. The van der Waals surface area contributed by atoms with Gasteiger partial charge < -0.3 is 4.74 Å². The van der Waals surface area contributed by atoms with Crippen molar-refractivity contribution in [2.75, 3.05) is 13.7 Å². The molecular weight excluding hydrogens is 454 g/mol. The summed E-state index contributed by atoms with van der Waals surface area (Å²) < 4.78 is 5.15. The number of fused-ring (bicyclic) bond motifs is 1. The highest BCUT2D eigenvalue weighted by Crippen LogP contribution is 2.41. The fraction of sp³-hybridized carbons (Fsp3) is 0.360. The fourth-order valence-electron chi connectivity index (χ4n) is 4.82. The number of hydrogen-bond donors (Lipinski definition) is 0. The molecule has 3 amide bonds. The van der Waals surface area contributed by atoms with Crippen LogP contribution < -0.4 is 4.74 Å². The molecule has 0 bridgehead atoms. The number of carbonyl (C=O) groups excluding carboxylic acids is 4. The number of hydrogen-bond acceptors (Lipinski definition) is 7. The van der Waals surface area contributed by atoms with Gasteiger partial charge in [0.2, 0.25) is 0 Å². The van der Waals surface area contributed by atoms with Gasteiger partial charge in [-0.2, -0.15) is 5.01 Å². The predicted molar refractivity (Wildman–Crippen MR) is 123 cm³/mol. The number of para-hydroxylation sites is 1. The Bertz CT molecular complexity index is 1210. The van der Waals surface area contributed by atoms with Gasteiger partial charge in [0.1, 0.15) is 17.9 Å². The summed E-state index contributed by atoms with van der Waals surface area (Å²) in [6.07, 6.45) is 1.78. The Hall–Kier alpha value is -4.08. The Balaban J connectivity index is 1.74. The van der Waals surface area contributed by atoms with Crippen LogP contribution in [0.15, 0.2) is 48.5 Å². The number of imide groups is 1. The van der Waals surface area contributed by atoms with Crippen LogP contribution in [0.5, 0.6) is 5.75 Å². The normalized spacial score (nSPS) is 21.4. The summed E-state index contributed by atoms with van der Waals surface area (Å²) in [5.41, 5.74) is -0.601. The Kier molecular flexibility index (Phi) is 6.63. The minimum absolute atomic E-state index is 0.204. The Morgan fingerprint density at radius 2 is 1.80 bits per heavy atom. The summed E-state index contributed by atoms with van der Waals surface area (Å²) in [6.45, 7) is 1.35. The van der Waals surface area contributed by atoms with Gasteiger partial charge in [0.25, 0.3) is 23.4 Å². The van der Waals surface area contributed by atoms with Gasteiger partial charge in [-0.25, -0.2) is 5.01 Å². The van der Waals surface area contributed by atoms with E-state index >= 15 is 0 Å². The van der Waals surface area contributed by atoms with Crippen LogP contribution in [-0.4, -0.2) is 52.1 Å². The van der Waals surface area contributed by atoms with Crippen LogP contribution in [0.2, 0.25) is 0 Å². The quantitative estimate of drug-likeness (QED) is 0.258. The molecule has 1 saturated heterocycles. The van der Waals surface area contributed by atoms with Crippen LogP contribution in [0, 0.1) is 27.9 Å². The minimum Gasteiger partial charge on any atom is -0.497 e. The molecule has 0 aromatic heterocycles. The summed E-state index contributed by atoms with van der Waals surface area (Å²) in [5.74, 6) is -3.15. The minimum atomic E-state index is -0.970. The highest BCUT2D eigenvalue weighted by molar-refractivity contribution is 6.10. The third-order valence-corrected chi connectivity index (χ3v) is 6.66. The molecule has 10 heteroatoms. The molecule has 1 aliphatic carbocycles. The number of nitro benzene ring substituents is 1. The second kappa shape index (κ2) is 9.65. The molecule has 182 valence electrons. The molecule has 35 heavy (non-hydrogen) atoms. The van der Waals surface area contributed by atoms with Crippen LogP contribution in [0.4, 0.5) is 5.69 Å². The number of rotatable bonds is 7. The van der Waals surface area contributed by atoms with Crippen molar-refractivity contribution in [1.29, 1.82) is 0 Å². The predicted octanol–water partition coefficient (Wildman–Crippen LogP) is 3.26. The second-order valence-electron chi connectivity index (χ2n) is 8.91. The first kappa shape index (κ1) is 24.1. The first-order valence-corrected chi connectivity index (χ1v) is 11.3. The molecule has 0 unspecified atom stereocenters. The van der Waals surface area contributed by atoms with Crippen LogP contribution in [0.25, 0.3) is 0 Å². The highest BCUT2D eigenvalue weighted by atomic mass is 16.6. The van der Waals surface area contributed by atoms with Gasteiger partial charge in [-0.05, 0) is 43.4 Å². The van der Waals surface area contributed by atoms with Gasteiger partial charge in [0.15, 0.2) is 5.78 Å². The van der Waals surface area contributed by atoms with Crippen molar-refractivity contribution >= 4 is 29.2 Å². The van der Waals surface area contributed by atoms with Crippen LogP contribution >= 0.6 is 0 Å². The average molecular weight is 479 g/mol. The van der Waals surface area contributed by atoms with E-state index in [0.29, 0.717) is 18.6 Å². The second-order valence-corrected chi connectivity index (χ2v) is 8.91. The number of Topliss-reactive ketones (excluding diaryl/α,β-unsaturated/α-hetero) is 1. The molecule has 2 aromatic carbocycles. The lowest BCUT2D eigenvalue weighted by atomic mass is 9.76. The van der Waals surface area contributed by atoms with E-state index in [9.17, 15) is 29.3 Å². The summed E-state index contributed by atoms with van der Waals surface area (Å²) in [6, 6.07) is 11.5. The number of hydrazine groups is 1. The summed E-state index contributed by atoms with van der Waals surface area (Å²) in [5, 5.41) is 13.1. The maximum Gasteiger partial charge on any atom is 0.282 e. The number of carbonyl (C=O) groups is 4. The van der Waals surface area contributed by atoms with Crippen molar-refractivity contribution in [2.45, 2.75) is 26.2 Å². The molecule has 10 nitrogen and oxygen atoms in total. The summed E-state index contributed by atoms with van der Waals surface area (Å²) in [7, 11) is 1.44. The summed E-state index contributed by atoms with van der Waals surface area (Å²) in [4.78, 5) is 64.3. The zero-order valence-electron chi connectivity index (χ0n) is 19.4. The fourth-order valence-corrected chi connectivity index (χ4v) is 4.82. The van der Waals surface area contributed by atoms with Crippen LogP contribution in [0.3, 0.4) is 0 Å². The Morgan fingerprint density at radius 3 is 2.51 bits per heavy atom. The molecule has 0 radical (unpaired) electrons. The lowest BCUT2D eigenvalue weighted by Crippen LogP contribution is -2.52. The molecule has 2 aliphatic rings. The van der Waals surface area contributed by atoms with Gasteiger partial charge in [-0.15, -0.1) is 0 Å². The van der Waals surface area contributed by atoms with E-state index < -0.39 is 52.5 Å². The van der Waals surface area contributed by atoms with E-state index in [1.807, 2.05) is 6.92 Å². The third-order valence-electron chi connectivity index (χ3n) is 6.66. The zero-order valence-corrected chi connectivity index (χ0v) is 19.4. The van der Waals surface area contributed by atoms with Crippen molar-refractivity contribution in [2.24, 2.45) is 17.8 Å². The lowest BCUT2D eigenvalue weighted by molar-refractivity contribution is -0.385. The lowest BCUT2D eigenvalue weighted by Gasteiger charge is -2.30. The first-order chi connectivity index (χ1) is 16.7. The summed E-state index contributed by atoms with van der Waals surface area (Å²) >= 11 is 0. The third kappa shape index (κ3) is 4.51. The molecule has 0 spiro atoms. The highest BCUT2D eigenvalue weighted by Gasteiger charge is 2.53. The largest absolute Gasteiger partial charge is 0.497 e. The molecule has 4 rings (SSSR count). The molecule has 1 saturated carbocycles. The van der Waals surface area contributed by atoms with Crippen LogP contribution in [-0.2, 0) is 9.59 Å². The topological polar surface area (TPSA) is 127 Å². The monoisotopic (exact) mass is 479 g/mol. The Labute approximate surface area is 201 Å². The van der Waals surface area contributed by atoms with E-state index in [0.717, 1.165) is 22.5 Å². The van der Waals surface area contributed by atoms with Crippen molar-refractivity contribution in [3.05, 3.63) is 69.8 Å². The SMILES string of the molecule is COc1cccc(C(=O)CN(C(=O)c2ccccc2[N+](=O)[O-])N2C(=O)[C@H]3C[C@@H](C)CC[C@H]3C2=O)c1. The van der Waals surface area contributed by atoms with E-state index in [-0.39, 0.29) is 17.0 Å². The van der Waals surface area contributed by atoms with E-state index in [4.69, 9.17) is 4.74 Å². The molecule has 1 heterocycles. The average Bonchev–Trinajstić information content (AvgIpc) is 3.10. The van der Waals surface area contributed by atoms with Gasteiger partial charge in [0, 0.05) is 11.6 Å². The number of nitro groups is 1. The maximum atomic E-state index is 13.6. The van der Waals surface area contributed by atoms with Crippen molar-refractivity contribution in [1.82, 2.24) is 10.0 Å². The Morgan fingerprint density at radius 1 is 1.09 bits per heavy atom. The molecule has 2 aromatic rings. The molecule has 2 fully saturated rings. The smallest absolute Gasteiger partial charge is 0.282 e. The van der Waals surface area contributed by atoms with Gasteiger partial charge in [0.05, 0.1) is 23.9 Å². The number of benzene rings is 2. The number of amides is 3. The number of methoxy groups -OCH3 is 1. The maximum absolute atomic E-state index is 13.6. The van der Waals surface area contributed by atoms with E-state index in [2.05, 4.69) is 0 Å². The number of ether oxygens (including phenoxy) is 1.